The fourth-order valence-electron chi connectivity index (χ4n) is 4.06. The molecule has 1 fully saturated rings. The van der Waals surface area contributed by atoms with Gasteiger partial charge in [-0.3, -0.25) is 18.9 Å². The van der Waals surface area contributed by atoms with Gasteiger partial charge in [0.25, 0.3) is 11.5 Å². The highest BCUT2D eigenvalue weighted by molar-refractivity contribution is 8.26. The fraction of sp³-hybridized carbons (Fsp3) is 0.143. The number of aromatic nitrogens is 2. The smallest absolute Gasteiger partial charge is 0.267 e. The van der Waals surface area contributed by atoms with E-state index in [-0.39, 0.29) is 18.0 Å². The van der Waals surface area contributed by atoms with Crippen LogP contribution in [-0.2, 0) is 17.8 Å². The number of anilines is 1. The minimum absolute atomic E-state index is 0.257. The summed E-state index contributed by atoms with van der Waals surface area (Å²) in [5, 5.41) is 3.88. The summed E-state index contributed by atoms with van der Waals surface area (Å²) in [5.74, 6) is 0.167. The highest BCUT2D eigenvalue weighted by Crippen LogP contribution is 2.34. The molecule has 9 heteroatoms. The molecule has 0 saturated carbocycles. The second-order valence-corrected chi connectivity index (χ2v) is 10.7. The minimum atomic E-state index is -0.265. The lowest BCUT2D eigenvalue weighted by Crippen LogP contribution is -2.27. The third kappa shape index (κ3) is 5.46. The Bertz CT molecular complexity index is 1600. The second-order valence-electron chi connectivity index (χ2n) is 8.64. The van der Waals surface area contributed by atoms with E-state index in [4.69, 9.17) is 28.8 Å². The van der Waals surface area contributed by atoms with Crippen LogP contribution in [0.3, 0.4) is 0 Å². The molecule has 0 aliphatic carbocycles. The van der Waals surface area contributed by atoms with Crippen molar-refractivity contribution in [1.29, 1.82) is 0 Å². The maximum Gasteiger partial charge on any atom is 0.267 e. The van der Waals surface area contributed by atoms with Gasteiger partial charge in [-0.15, -0.1) is 0 Å². The van der Waals surface area contributed by atoms with Gasteiger partial charge in [-0.2, -0.15) is 0 Å². The third-order valence-electron chi connectivity index (χ3n) is 5.99. The van der Waals surface area contributed by atoms with Gasteiger partial charge in [0.2, 0.25) is 0 Å². The number of benzene rings is 2. The number of amides is 1. The molecule has 6 nitrogen and oxygen atoms in total. The molecule has 1 N–H and O–H groups in total. The second kappa shape index (κ2) is 10.9. The number of hydrogen-bond acceptors (Lipinski definition) is 6. The van der Waals surface area contributed by atoms with Crippen LogP contribution in [0.1, 0.15) is 22.3 Å². The first-order valence-electron chi connectivity index (χ1n) is 11.7. The van der Waals surface area contributed by atoms with Crippen molar-refractivity contribution in [3.8, 4) is 0 Å². The number of thiocarbonyl (C=S) groups is 1. The number of nitrogens with zero attached hydrogens (tertiary/aromatic N) is 3. The molecule has 0 radical (unpaired) electrons. The van der Waals surface area contributed by atoms with E-state index < -0.39 is 0 Å². The van der Waals surface area contributed by atoms with E-state index in [1.165, 1.54) is 26.6 Å². The number of carbonyl (C=O) groups is 1. The van der Waals surface area contributed by atoms with Gasteiger partial charge in [-0.05, 0) is 48.2 Å². The number of rotatable bonds is 7. The van der Waals surface area contributed by atoms with Crippen molar-refractivity contribution >= 4 is 63.3 Å². The van der Waals surface area contributed by atoms with Gasteiger partial charge in [0.15, 0.2) is 0 Å². The summed E-state index contributed by atoms with van der Waals surface area (Å²) in [6.45, 7) is 2.75. The van der Waals surface area contributed by atoms with Crippen LogP contribution in [0, 0.1) is 6.92 Å². The quantitative estimate of drug-likeness (QED) is 0.236. The van der Waals surface area contributed by atoms with E-state index in [1.807, 2.05) is 55.5 Å². The van der Waals surface area contributed by atoms with E-state index in [2.05, 4.69) is 17.4 Å². The Balaban J connectivity index is 1.49. The lowest BCUT2D eigenvalue weighted by molar-refractivity contribution is -0.122. The lowest BCUT2D eigenvalue weighted by atomic mass is 10.1. The monoisotopic (exact) mass is 546 g/mol. The fourth-order valence-corrected chi connectivity index (χ4v) is 5.49. The van der Waals surface area contributed by atoms with Crippen molar-refractivity contribution in [3.63, 3.8) is 0 Å². The molecule has 4 aromatic rings. The first-order chi connectivity index (χ1) is 17.9. The highest BCUT2D eigenvalue weighted by Gasteiger charge is 2.33. The van der Waals surface area contributed by atoms with Gasteiger partial charge >= 0.3 is 0 Å². The number of pyridine rings is 1. The van der Waals surface area contributed by atoms with Crippen LogP contribution in [0.15, 0.2) is 82.6 Å². The normalized spacial score (nSPS) is 14.6. The van der Waals surface area contributed by atoms with E-state index in [0.717, 1.165) is 17.5 Å². The van der Waals surface area contributed by atoms with Crippen molar-refractivity contribution in [3.05, 3.63) is 115 Å². The molecule has 37 heavy (non-hydrogen) atoms. The molecule has 0 atom stereocenters. The van der Waals surface area contributed by atoms with E-state index in [1.54, 1.807) is 18.3 Å². The van der Waals surface area contributed by atoms with Crippen LogP contribution >= 0.6 is 35.6 Å². The molecule has 1 aliphatic heterocycles. The van der Waals surface area contributed by atoms with Gasteiger partial charge in [0.05, 0.1) is 17.0 Å². The lowest BCUT2D eigenvalue weighted by Gasteiger charge is -2.15. The van der Waals surface area contributed by atoms with Crippen LogP contribution in [-0.4, -0.2) is 31.1 Å². The zero-order chi connectivity index (χ0) is 25.9. The van der Waals surface area contributed by atoms with E-state index in [9.17, 15) is 9.59 Å². The Morgan fingerprint density at radius 3 is 2.59 bits per heavy atom. The number of thioether (sulfide) groups is 1. The molecule has 1 saturated heterocycles. The van der Waals surface area contributed by atoms with Crippen LogP contribution in [0.25, 0.3) is 11.7 Å². The SMILES string of the molecule is Cc1ccc2nc(NCCc3ccccc3)c(C=C3SC(=S)N(Cc4ccccc4Cl)C3=O)c(=O)n2c1. The molecule has 3 heterocycles. The standard InChI is InChI=1S/C28H23ClN4O2S2/c1-18-11-12-24-31-25(30-14-13-19-7-3-2-4-8-19)21(26(34)32(24)16-18)15-23-27(35)33(28(36)37-23)17-20-9-5-6-10-22(20)29/h2-12,15-16,30H,13-14,17H2,1H3. The average Bonchev–Trinajstić information content (AvgIpc) is 3.16. The number of aryl methyl sites for hydroxylation is 1. The summed E-state index contributed by atoms with van der Waals surface area (Å²) >= 11 is 13.0. The van der Waals surface area contributed by atoms with Crippen molar-refractivity contribution in [2.75, 3.05) is 11.9 Å². The number of fused-ring (bicyclic) bond motifs is 1. The van der Waals surface area contributed by atoms with Crippen LogP contribution < -0.4 is 10.9 Å². The first kappa shape index (κ1) is 25.2. The predicted octanol–water partition coefficient (Wildman–Crippen LogP) is 5.71. The van der Waals surface area contributed by atoms with E-state index >= 15 is 0 Å². The molecule has 0 spiro atoms. The number of halogens is 1. The minimum Gasteiger partial charge on any atom is -0.369 e. The van der Waals surface area contributed by atoms with Crippen molar-refractivity contribution in [2.45, 2.75) is 19.9 Å². The van der Waals surface area contributed by atoms with Gasteiger partial charge in [0.1, 0.15) is 15.8 Å². The number of carbonyl (C=O) groups excluding carboxylic acids is 1. The molecule has 2 aromatic heterocycles. The zero-order valence-electron chi connectivity index (χ0n) is 20.0. The maximum atomic E-state index is 13.6. The van der Waals surface area contributed by atoms with Crippen molar-refractivity contribution < 1.29 is 4.79 Å². The van der Waals surface area contributed by atoms with E-state index in [0.29, 0.717) is 37.8 Å². The molecule has 2 aromatic carbocycles. The Morgan fingerprint density at radius 1 is 1.05 bits per heavy atom. The Labute approximate surface area is 229 Å². The predicted molar refractivity (Wildman–Crippen MR) is 155 cm³/mol. The maximum absolute atomic E-state index is 13.6. The summed E-state index contributed by atoms with van der Waals surface area (Å²) in [6.07, 6.45) is 4.11. The summed E-state index contributed by atoms with van der Waals surface area (Å²) in [6, 6.07) is 21.1. The Hall–Kier alpha value is -3.46. The summed E-state index contributed by atoms with van der Waals surface area (Å²) in [5.41, 5.74) is 3.49. The number of nitrogens with one attached hydrogen (secondary N) is 1. The van der Waals surface area contributed by atoms with Gasteiger partial charge in [-0.1, -0.05) is 90.2 Å². The van der Waals surface area contributed by atoms with Crippen molar-refractivity contribution in [1.82, 2.24) is 14.3 Å². The van der Waals surface area contributed by atoms with Crippen LogP contribution in [0.4, 0.5) is 5.82 Å². The molecule has 186 valence electrons. The van der Waals surface area contributed by atoms with Crippen molar-refractivity contribution in [2.24, 2.45) is 0 Å². The number of hydrogen-bond donors (Lipinski definition) is 1. The molecule has 1 aliphatic rings. The summed E-state index contributed by atoms with van der Waals surface area (Å²) in [7, 11) is 0. The van der Waals surface area contributed by atoms with Gasteiger partial charge in [-0.25, -0.2) is 4.98 Å². The average molecular weight is 547 g/mol. The molecule has 5 rings (SSSR count). The van der Waals surface area contributed by atoms with Crippen LogP contribution in [0.5, 0.6) is 0 Å². The molecular weight excluding hydrogens is 524 g/mol. The topological polar surface area (TPSA) is 66.7 Å². The van der Waals surface area contributed by atoms with Gasteiger partial charge < -0.3 is 5.32 Å². The molecule has 0 bridgehead atoms. The molecule has 1 amide bonds. The molecular formula is C28H23ClN4O2S2. The first-order valence-corrected chi connectivity index (χ1v) is 13.3. The zero-order valence-corrected chi connectivity index (χ0v) is 22.4. The highest BCUT2D eigenvalue weighted by atomic mass is 35.5. The van der Waals surface area contributed by atoms with Crippen LogP contribution in [0.2, 0.25) is 5.02 Å². The summed E-state index contributed by atoms with van der Waals surface area (Å²) in [4.78, 5) is 33.5. The third-order valence-corrected chi connectivity index (χ3v) is 7.74. The Kier molecular flexibility index (Phi) is 7.41. The largest absolute Gasteiger partial charge is 0.369 e. The van der Waals surface area contributed by atoms with Gasteiger partial charge in [0, 0.05) is 17.8 Å². The Morgan fingerprint density at radius 2 is 1.81 bits per heavy atom. The summed E-state index contributed by atoms with van der Waals surface area (Å²) < 4.78 is 1.92. The molecule has 0 unspecified atom stereocenters.